The smallest absolute Gasteiger partial charge is 0.475 e. The number of amides is 1. The third kappa shape index (κ3) is 12.1. The first-order valence-corrected chi connectivity index (χ1v) is 13.8. The lowest BCUT2D eigenvalue weighted by atomic mass is 9.88. The van der Waals surface area contributed by atoms with E-state index in [4.69, 9.17) is 24.5 Å². The summed E-state index contributed by atoms with van der Waals surface area (Å²) in [5, 5.41) is 16.4. The van der Waals surface area contributed by atoms with Crippen LogP contribution in [0.3, 0.4) is 0 Å². The predicted octanol–water partition coefficient (Wildman–Crippen LogP) is 4.34. The van der Waals surface area contributed by atoms with Crippen LogP contribution in [0.5, 0.6) is 0 Å². The lowest BCUT2D eigenvalue weighted by Gasteiger charge is -2.49. The number of hydrogen-bond donors (Lipinski definition) is 2. The Bertz CT molecular complexity index is 1150. The second kappa shape index (κ2) is 15.5. The number of benzene rings is 1. The van der Waals surface area contributed by atoms with Gasteiger partial charge in [0.2, 0.25) is 0 Å². The van der Waals surface area contributed by atoms with E-state index in [1.807, 2.05) is 36.6 Å². The van der Waals surface area contributed by atoms with Crippen molar-refractivity contribution in [3.63, 3.8) is 0 Å². The molecular formula is C27H33F6N3O6S. The van der Waals surface area contributed by atoms with Crippen molar-refractivity contribution in [2.45, 2.75) is 50.0 Å². The summed E-state index contributed by atoms with van der Waals surface area (Å²) in [6.45, 7) is 5.25. The van der Waals surface area contributed by atoms with Crippen molar-refractivity contribution in [1.29, 1.82) is 0 Å². The lowest BCUT2D eigenvalue weighted by molar-refractivity contribution is -0.193. The number of rotatable bonds is 5. The van der Waals surface area contributed by atoms with Crippen molar-refractivity contribution in [2.75, 3.05) is 40.3 Å². The molecule has 2 fully saturated rings. The number of carbonyl (C=O) groups is 3. The van der Waals surface area contributed by atoms with E-state index >= 15 is 0 Å². The minimum atomic E-state index is -5.08. The van der Waals surface area contributed by atoms with E-state index < -0.39 is 24.3 Å². The van der Waals surface area contributed by atoms with E-state index in [2.05, 4.69) is 46.5 Å². The molecule has 240 valence electrons. The number of ether oxygens (including phenoxy) is 1. The molecule has 16 heteroatoms. The minimum absolute atomic E-state index is 0.0841. The first-order chi connectivity index (χ1) is 19.9. The van der Waals surface area contributed by atoms with Crippen LogP contribution in [0.1, 0.15) is 23.3 Å². The van der Waals surface area contributed by atoms with Gasteiger partial charge in [-0.2, -0.15) is 26.3 Å². The van der Waals surface area contributed by atoms with Crippen molar-refractivity contribution in [2.24, 2.45) is 0 Å². The average molecular weight is 642 g/mol. The van der Waals surface area contributed by atoms with Crippen LogP contribution in [-0.4, -0.2) is 107 Å². The Morgan fingerprint density at radius 2 is 1.51 bits per heavy atom. The largest absolute Gasteiger partial charge is 0.490 e. The van der Waals surface area contributed by atoms with Gasteiger partial charge in [0.25, 0.3) is 5.91 Å². The molecule has 9 nitrogen and oxygen atoms in total. The fraction of sp³-hybridized carbons (Fsp3) is 0.519. The quantitative estimate of drug-likeness (QED) is 0.465. The molecule has 1 spiro atoms. The molecule has 2 N–H and O–H groups in total. The van der Waals surface area contributed by atoms with Crippen LogP contribution in [0.2, 0.25) is 0 Å². The number of thiophene rings is 1. The number of nitrogens with zero attached hydrogens (tertiary/aromatic N) is 3. The summed E-state index contributed by atoms with van der Waals surface area (Å²) >= 11 is 1.82. The van der Waals surface area contributed by atoms with Gasteiger partial charge in [0.05, 0.1) is 5.60 Å². The standard InChI is InChI=1S/C23H31N3O2S.2C2HF3O2/c1-24-17-21(22(27)25(2)15-19-7-4-3-5-8-19)28-23(18-24)10-12-26(13-11-23)16-20-9-6-14-29-20;2*3-2(4,5)1(6)7/h3-9,14,21H,10-13,15-18H2,1-2H3;2*(H,6,7). The Morgan fingerprint density at radius 3 is 1.98 bits per heavy atom. The third-order valence-corrected chi connectivity index (χ3v) is 7.42. The van der Waals surface area contributed by atoms with Crippen molar-refractivity contribution in [3.8, 4) is 0 Å². The Labute approximate surface area is 248 Å². The van der Waals surface area contributed by atoms with Crippen molar-refractivity contribution in [1.82, 2.24) is 14.7 Å². The van der Waals surface area contributed by atoms with Crippen LogP contribution in [0, 0.1) is 0 Å². The van der Waals surface area contributed by atoms with Gasteiger partial charge >= 0.3 is 24.3 Å². The number of carboxylic acids is 2. The van der Waals surface area contributed by atoms with Gasteiger partial charge in [0.1, 0.15) is 6.10 Å². The van der Waals surface area contributed by atoms with Gasteiger partial charge in [-0.15, -0.1) is 11.3 Å². The maximum atomic E-state index is 13.1. The van der Waals surface area contributed by atoms with Crippen molar-refractivity contribution in [3.05, 3.63) is 58.3 Å². The second-order valence-corrected chi connectivity index (χ2v) is 11.2. The SMILES string of the molecule is CN1CC(C(=O)N(C)Cc2ccccc2)OC2(CCN(Cc3cccs3)CC2)C1.O=C(O)C(F)(F)F.O=C(O)C(F)(F)F. The zero-order valence-corrected chi connectivity index (χ0v) is 24.2. The van der Waals surface area contributed by atoms with E-state index in [-0.39, 0.29) is 17.6 Å². The van der Waals surface area contributed by atoms with Gasteiger partial charge in [-0.1, -0.05) is 36.4 Å². The summed E-state index contributed by atoms with van der Waals surface area (Å²) in [5.74, 6) is -5.43. The Balaban J connectivity index is 0.000000384. The fourth-order valence-electron chi connectivity index (χ4n) is 4.54. The van der Waals surface area contributed by atoms with E-state index in [0.717, 1.165) is 44.6 Å². The number of morpholine rings is 1. The monoisotopic (exact) mass is 641 g/mol. The molecule has 0 bridgehead atoms. The number of aliphatic carboxylic acids is 2. The van der Waals surface area contributed by atoms with E-state index in [1.165, 1.54) is 4.88 Å². The van der Waals surface area contributed by atoms with E-state index in [9.17, 15) is 31.1 Å². The molecule has 1 unspecified atom stereocenters. The number of alkyl halides is 6. The van der Waals surface area contributed by atoms with Gasteiger partial charge in [-0.05, 0) is 36.9 Å². The molecule has 2 aliphatic heterocycles. The molecule has 0 aliphatic carbocycles. The molecule has 3 heterocycles. The molecule has 1 aromatic heterocycles. The number of likely N-dealkylation sites (tertiary alicyclic amines) is 1. The molecule has 2 aliphatic rings. The molecule has 1 amide bonds. The highest BCUT2D eigenvalue weighted by atomic mass is 32.1. The van der Waals surface area contributed by atoms with Crippen LogP contribution in [-0.2, 0) is 32.2 Å². The zero-order chi connectivity index (χ0) is 32.4. The van der Waals surface area contributed by atoms with E-state index in [1.54, 1.807) is 4.90 Å². The first kappa shape index (κ1) is 36.0. The van der Waals surface area contributed by atoms with Crippen molar-refractivity contribution >= 4 is 29.2 Å². The Morgan fingerprint density at radius 1 is 0.977 bits per heavy atom. The van der Waals surface area contributed by atoms with Gasteiger partial charge in [0.15, 0.2) is 0 Å². The maximum Gasteiger partial charge on any atom is 0.490 e. The maximum absolute atomic E-state index is 13.1. The number of carboxylic acid groups (broad SMARTS) is 2. The summed E-state index contributed by atoms with van der Waals surface area (Å²) in [7, 11) is 3.99. The third-order valence-electron chi connectivity index (χ3n) is 6.55. The Hall–Kier alpha value is -3.21. The first-order valence-electron chi connectivity index (χ1n) is 12.9. The number of carbonyl (C=O) groups excluding carboxylic acids is 1. The molecule has 2 saturated heterocycles. The van der Waals surface area contributed by atoms with Crippen LogP contribution >= 0.6 is 11.3 Å². The summed E-state index contributed by atoms with van der Waals surface area (Å²) in [6.07, 6.45) is -8.59. The highest BCUT2D eigenvalue weighted by molar-refractivity contribution is 7.09. The molecule has 0 radical (unpaired) electrons. The second-order valence-electron chi connectivity index (χ2n) is 10.1. The number of halogens is 6. The molecular weight excluding hydrogens is 608 g/mol. The van der Waals surface area contributed by atoms with Crippen LogP contribution in [0.15, 0.2) is 47.8 Å². The van der Waals surface area contributed by atoms with Crippen LogP contribution in [0.4, 0.5) is 26.3 Å². The summed E-state index contributed by atoms with van der Waals surface area (Å²) in [4.78, 5) is 38.9. The highest BCUT2D eigenvalue weighted by Crippen LogP contribution is 2.33. The summed E-state index contributed by atoms with van der Waals surface area (Å²) in [5.41, 5.74) is 0.941. The summed E-state index contributed by atoms with van der Waals surface area (Å²) < 4.78 is 70.0. The number of likely N-dealkylation sites (N-methyl/N-ethyl adjacent to an activating group) is 2. The average Bonchev–Trinajstić information content (AvgIpc) is 3.43. The predicted molar refractivity (Wildman–Crippen MR) is 144 cm³/mol. The van der Waals surface area contributed by atoms with Gasteiger partial charge in [-0.3, -0.25) is 9.69 Å². The van der Waals surface area contributed by atoms with Crippen molar-refractivity contribution < 1.29 is 55.7 Å². The minimum Gasteiger partial charge on any atom is -0.475 e. The number of piperidine rings is 1. The van der Waals surface area contributed by atoms with Gasteiger partial charge < -0.3 is 24.7 Å². The normalized spacial score (nSPS) is 18.9. The highest BCUT2D eigenvalue weighted by Gasteiger charge is 2.44. The molecule has 0 saturated carbocycles. The van der Waals surface area contributed by atoms with Gasteiger partial charge in [0, 0.05) is 51.2 Å². The van der Waals surface area contributed by atoms with Gasteiger partial charge in [-0.25, -0.2) is 9.59 Å². The lowest BCUT2D eigenvalue weighted by Crippen LogP contribution is -2.61. The molecule has 1 atom stereocenters. The van der Waals surface area contributed by atoms with Crippen LogP contribution < -0.4 is 0 Å². The zero-order valence-electron chi connectivity index (χ0n) is 23.4. The summed E-state index contributed by atoms with van der Waals surface area (Å²) in [6, 6.07) is 14.5. The molecule has 1 aromatic carbocycles. The van der Waals surface area contributed by atoms with Crippen LogP contribution in [0.25, 0.3) is 0 Å². The van der Waals surface area contributed by atoms with E-state index in [0.29, 0.717) is 13.1 Å². The molecule has 43 heavy (non-hydrogen) atoms. The molecule has 2 aromatic rings. The topological polar surface area (TPSA) is 111 Å². The number of hydrogen-bond acceptors (Lipinski definition) is 7. The molecule has 4 rings (SSSR count). The Kier molecular flexibility index (Phi) is 13.0. The fourth-order valence-corrected chi connectivity index (χ4v) is 5.29.